The Bertz CT molecular complexity index is 329. The second-order valence-electron chi connectivity index (χ2n) is 4.06. The third kappa shape index (κ3) is 3.93. The van der Waals surface area contributed by atoms with Crippen molar-refractivity contribution in [2.75, 3.05) is 0 Å². The molecule has 0 heterocycles. The summed E-state index contributed by atoms with van der Waals surface area (Å²) < 4.78 is 14.8. The van der Waals surface area contributed by atoms with Crippen LogP contribution in [0.5, 0.6) is 0 Å². The molecule has 0 aliphatic rings. The number of rotatable bonds is 1. The van der Waals surface area contributed by atoms with Gasteiger partial charge in [0, 0.05) is 0 Å². The topological polar surface area (TPSA) is 46.5 Å². The summed E-state index contributed by atoms with van der Waals surface area (Å²) >= 11 is -1.49. The average Bonchev–Trinajstić information content (AvgIpc) is 2.15. The first-order valence-electron chi connectivity index (χ1n) is 4.61. The molecule has 0 radical (unpaired) electrons. The van der Waals surface area contributed by atoms with Gasteiger partial charge in [-0.25, -0.2) is 0 Å². The van der Waals surface area contributed by atoms with Crippen LogP contribution in [-0.2, 0) is 15.9 Å². The summed E-state index contributed by atoms with van der Waals surface area (Å²) in [5.41, 5.74) is -0.570. The molecule has 0 saturated heterocycles. The van der Waals surface area contributed by atoms with Gasteiger partial charge in [-0.15, -0.1) is 0 Å². The van der Waals surface area contributed by atoms with Crippen molar-refractivity contribution in [3.8, 4) is 0 Å². The van der Waals surface area contributed by atoms with E-state index in [2.05, 4.69) is 0 Å². The Morgan fingerprint density at radius 1 is 1.27 bits per heavy atom. The van der Waals surface area contributed by atoms with Crippen LogP contribution < -0.4 is 0 Å². The summed E-state index contributed by atoms with van der Waals surface area (Å²) in [5.74, 6) is 0. The Morgan fingerprint density at radius 3 is 2.27 bits per heavy atom. The van der Waals surface area contributed by atoms with Crippen molar-refractivity contribution >= 4 is 16.5 Å². The van der Waals surface area contributed by atoms with Crippen molar-refractivity contribution in [1.29, 1.82) is 0 Å². The highest BCUT2D eigenvalue weighted by molar-refractivity contribution is 8.05. The van der Waals surface area contributed by atoms with E-state index in [1.54, 1.807) is 45.0 Å². The normalized spacial score (nSPS) is 13.3. The van der Waals surface area contributed by atoms with E-state index in [4.69, 9.17) is 4.74 Å². The molecule has 0 spiro atoms. The van der Waals surface area contributed by atoms with Crippen LogP contribution in [-0.4, -0.2) is 15.5 Å². The Balaban J connectivity index is 2.70. The molecule has 1 atom stereocenters. The second-order valence-corrected chi connectivity index (χ2v) is 5.44. The number of benzene rings is 1. The fourth-order valence-corrected chi connectivity index (χ4v) is 1.87. The molecular weight excluding hydrogens is 212 g/mol. The van der Waals surface area contributed by atoms with E-state index in [0.717, 1.165) is 0 Å². The zero-order chi connectivity index (χ0) is 11.5. The molecule has 0 aliphatic heterocycles. The van der Waals surface area contributed by atoms with Crippen LogP contribution in [0.25, 0.3) is 0 Å². The standard InChI is InChI=1S/C11H15O3S/c1-11(2,3)14-10(12)15(13)9-7-5-4-6-8-9/h4-8,13H,1-3H3/q+1. The molecular formula is C11H15O3S+. The quantitative estimate of drug-likeness (QED) is 0.592. The lowest BCUT2D eigenvalue weighted by molar-refractivity contribution is 0.0720. The Labute approximate surface area is 92.6 Å². The maximum atomic E-state index is 11.5. The molecule has 1 unspecified atom stereocenters. The van der Waals surface area contributed by atoms with Crippen LogP contribution in [0.2, 0.25) is 0 Å². The van der Waals surface area contributed by atoms with Crippen LogP contribution >= 0.6 is 0 Å². The SMILES string of the molecule is CC(C)(C)OC(=O)[S+](O)c1ccccc1. The van der Waals surface area contributed by atoms with E-state index in [9.17, 15) is 9.35 Å². The van der Waals surface area contributed by atoms with Gasteiger partial charge >= 0.3 is 16.5 Å². The van der Waals surface area contributed by atoms with Gasteiger partial charge in [0.1, 0.15) is 5.60 Å². The molecule has 1 aromatic carbocycles. The van der Waals surface area contributed by atoms with Crippen molar-refractivity contribution in [2.45, 2.75) is 31.3 Å². The molecule has 4 heteroatoms. The summed E-state index contributed by atoms with van der Waals surface area (Å²) in [5, 5.41) is -0.589. The van der Waals surface area contributed by atoms with Gasteiger partial charge in [0.15, 0.2) is 0 Å². The molecule has 0 amide bonds. The van der Waals surface area contributed by atoms with Gasteiger partial charge in [0.2, 0.25) is 4.90 Å². The van der Waals surface area contributed by atoms with Gasteiger partial charge < -0.3 is 4.74 Å². The van der Waals surface area contributed by atoms with Gasteiger partial charge in [-0.1, -0.05) is 18.2 Å². The summed E-state index contributed by atoms with van der Waals surface area (Å²) in [6.07, 6.45) is 0. The maximum Gasteiger partial charge on any atom is 0.568 e. The van der Waals surface area contributed by atoms with Gasteiger partial charge in [-0.05, 0) is 32.9 Å². The van der Waals surface area contributed by atoms with E-state index in [-0.39, 0.29) is 0 Å². The van der Waals surface area contributed by atoms with E-state index in [0.29, 0.717) is 4.90 Å². The van der Waals surface area contributed by atoms with E-state index < -0.39 is 22.1 Å². The first kappa shape index (κ1) is 12.1. The number of carbonyl (C=O) groups is 1. The fraction of sp³-hybridized carbons (Fsp3) is 0.364. The third-order valence-corrected chi connectivity index (χ3v) is 2.63. The Morgan fingerprint density at radius 2 is 1.80 bits per heavy atom. The zero-order valence-electron chi connectivity index (χ0n) is 9.06. The Hall–Kier alpha value is -1.00. The maximum absolute atomic E-state index is 11.5. The molecule has 0 aromatic heterocycles. The van der Waals surface area contributed by atoms with Gasteiger partial charge in [-0.3, -0.25) is 0 Å². The summed E-state index contributed by atoms with van der Waals surface area (Å²) in [6.45, 7) is 5.31. The smallest absolute Gasteiger partial charge is 0.417 e. The lowest BCUT2D eigenvalue weighted by atomic mass is 10.2. The predicted octanol–water partition coefficient (Wildman–Crippen LogP) is 3.07. The first-order chi connectivity index (χ1) is 6.90. The fourth-order valence-electron chi connectivity index (χ4n) is 0.935. The number of ether oxygens (including phenoxy) is 1. The molecule has 3 nitrogen and oxygen atoms in total. The molecule has 0 aliphatic carbocycles. The molecule has 82 valence electrons. The van der Waals surface area contributed by atoms with Crippen molar-refractivity contribution in [1.82, 2.24) is 0 Å². The molecule has 1 aromatic rings. The van der Waals surface area contributed by atoms with Crippen molar-refractivity contribution in [3.63, 3.8) is 0 Å². The monoisotopic (exact) mass is 227 g/mol. The van der Waals surface area contributed by atoms with Crippen LogP contribution in [0.4, 0.5) is 4.79 Å². The summed E-state index contributed by atoms with van der Waals surface area (Å²) in [7, 11) is 0. The number of carbonyl (C=O) groups excluding carboxylic acids is 1. The van der Waals surface area contributed by atoms with Gasteiger partial charge in [0.25, 0.3) is 0 Å². The minimum atomic E-state index is -1.49. The second kappa shape index (κ2) is 4.68. The highest BCUT2D eigenvalue weighted by atomic mass is 32.2. The lowest BCUT2D eigenvalue weighted by Crippen LogP contribution is -2.27. The molecule has 1 rings (SSSR count). The van der Waals surface area contributed by atoms with Crippen LogP contribution in [0.15, 0.2) is 35.2 Å². The van der Waals surface area contributed by atoms with Crippen molar-refractivity contribution < 1.29 is 14.1 Å². The van der Waals surface area contributed by atoms with Crippen molar-refractivity contribution in [3.05, 3.63) is 30.3 Å². The number of hydrogen-bond donors (Lipinski definition) is 1. The van der Waals surface area contributed by atoms with Crippen LogP contribution in [0.3, 0.4) is 0 Å². The third-order valence-electron chi connectivity index (χ3n) is 1.51. The Kier molecular flexibility index (Phi) is 3.77. The molecule has 0 saturated carbocycles. The first-order valence-corrected chi connectivity index (χ1v) is 5.80. The minimum Gasteiger partial charge on any atom is -0.417 e. The molecule has 0 bridgehead atoms. The van der Waals surface area contributed by atoms with Gasteiger partial charge in [0.05, 0.1) is 0 Å². The predicted molar refractivity (Wildman–Crippen MR) is 60.9 cm³/mol. The molecule has 0 fully saturated rings. The summed E-state index contributed by atoms with van der Waals surface area (Å²) in [6, 6.07) is 8.78. The van der Waals surface area contributed by atoms with Crippen molar-refractivity contribution in [2.24, 2.45) is 0 Å². The highest BCUT2D eigenvalue weighted by Gasteiger charge is 2.36. The van der Waals surface area contributed by atoms with Crippen LogP contribution in [0, 0.1) is 0 Å². The number of hydrogen-bond acceptors (Lipinski definition) is 3. The molecule has 1 N–H and O–H groups in total. The zero-order valence-corrected chi connectivity index (χ0v) is 9.88. The molecule has 15 heavy (non-hydrogen) atoms. The van der Waals surface area contributed by atoms with E-state index >= 15 is 0 Å². The van der Waals surface area contributed by atoms with E-state index in [1.165, 1.54) is 0 Å². The summed E-state index contributed by atoms with van der Waals surface area (Å²) in [4.78, 5) is 12.1. The van der Waals surface area contributed by atoms with E-state index in [1.807, 2.05) is 6.07 Å². The van der Waals surface area contributed by atoms with Crippen LogP contribution in [0.1, 0.15) is 20.8 Å². The lowest BCUT2D eigenvalue weighted by Gasteiger charge is -2.16. The van der Waals surface area contributed by atoms with Gasteiger partial charge in [-0.2, -0.15) is 9.35 Å². The largest absolute Gasteiger partial charge is 0.568 e. The average molecular weight is 227 g/mol. The highest BCUT2D eigenvalue weighted by Crippen LogP contribution is 2.17. The minimum absolute atomic E-state index is 0.570.